The van der Waals surface area contributed by atoms with Crippen LogP contribution in [0.2, 0.25) is 0 Å². The summed E-state index contributed by atoms with van der Waals surface area (Å²) in [6, 6.07) is 16.7. The molecule has 0 radical (unpaired) electrons. The first-order valence-electron chi connectivity index (χ1n) is 17.6. The second kappa shape index (κ2) is 16.6. The number of fused-ring (bicyclic) bond motifs is 1. The van der Waals surface area contributed by atoms with Gasteiger partial charge in [-0.05, 0) is 97.3 Å². The Morgan fingerprint density at radius 3 is 2.52 bits per heavy atom. The predicted molar refractivity (Wildman–Crippen MR) is 219 cm³/mol. The number of hydrogen-bond donors (Lipinski definition) is 1. The van der Waals surface area contributed by atoms with E-state index in [-0.39, 0.29) is 42.9 Å². The van der Waals surface area contributed by atoms with E-state index in [0.717, 1.165) is 11.1 Å². The predicted octanol–water partition coefficient (Wildman–Crippen LogP) is 8.11. The third-order valence-electron chi connectivity index (χ3n) is 9.20. The van der Waals surface area contributed by atoms with Gasteiger partial charge in [-0.15, -0.1) is 22.7 Å². The van der Waals surface area contributed by atoms with Crippen molar-refractivity contribution in [1.29, 1.82) is 10.5 Å². The van der Waals surface area contributed by atoms with Gasteiger partial charge in [-0.2, -0.15) is 15.5 Å². The summed E-state index contributed by atoms with van der Waals surface area (Å²) in [7, 11) is 0. The molecule has 15 heteroatoms. The summed E-state index contributed by atoms with van der Waals surface area (Å²) in [5.41, 5.74) is 4.60. The van der Waals surface area contributed by atoms with Gasteiger partial charge in [0.15, 0.2) is 0 Å². The molecule has 2 amide bonds. The van der Waals surface area contributed by atoms with Gasteiger partial charge in [-0.25, -0.2) is 9.78 Å². The van der Waals surface area contributed by atoms with Gasteiger partial charge in [-0.1, -0.05) is 42.4 Å². The molecule has 56 heavy (non-hydrogen) atoms. The lowest BCUT2D eigenvalue weighted by Crippen LogP contribution is -2.41. The van der Waals surface area contributed by atoms with Gasteiger partial charge >= 0.3 is 6.09 Å². The Morgan fingerprint density at radius 1 is 1.09 bits per heavy atom. The van der Waals surface area contributed by atoms with Crippen LogP contribution in [0.1, 0.15) is 76.7 Å². The normalized spacial score (nSPS) is 13.7. The van der Waals surface area contributed by atoms with E-state index in [1.165, 1.54) is 32.1 Å². The number of nitrogens with zero attached hydrogens (tertiary/aromatic N) is 7. The van der Waals surface area contributed by atoms with Crippen LogP contribution in [0.25, 0.3) is 21.3 Å². The highest BCUT2D eigenvalue weighted by Crippen LogP contribution is 2.35. The third kappa shape index (κ3) is 8.44. The number of aromatic nitrogens is 2. The van der Waals surface area contributed by atoms with Crippen LogP contribution >= 0.6 is 34.3 Å². The number of carbonyl (C=O) groups is 2. The quantitative estimate of drug-likeness (QED) is 0.145. The molecule has 286 valence electrons. The standard InChI is InChI=1S/C41H38ClN7O5S2/c1-24-33(23-56-35(24)37(51)48(25(2)42)18-29-10-7-6-9-27(29)16-43)26-12-13-28(17-44)30(15-26)19-49-38(52)36-34(31(21-50)22-55-36)46-39(49)47-14-8-11-32(20-47)45-40(53)54-41(3,4)5/h6-7,9-10,12-13,15,22-23,50H,2,8,11,14,18-21H2,1,3-5H3. The first-order chi connectivity index (χ1) is 26.7. The fourth-order valence-electron chi connectivity index (χ4n) is 6.47. The zero-order chi connectivity index (χ0) is 40.3. The number of aliphatic imine (C=N–C) groups is 1. The lowest BCUT2D eigenvalue weighted by Gasteiger charge is -2.31. The van der Waals surface area contributed by atoms with Crippen LogP contribution in [-0.4, -0.2) is 56.0 Å². The molecular weight excluding hydrogens is 770 g/mol. The van der Waals surface area contributed by atoms with Crippen molar-refractivity contribution >= 4 is 68.2 Å². The number of ether oxygens (including phenoxy) is 1. The Balaban J connectivity index is 1.37. The molecule has 12 nitrogen and oxygen atoms in total. The molecule has 0 aliphatic carbocycles. The Kier molecular flexibility index (Phi) is 11.9. The molecule has 1 saturated heterocycles. The van der Waals surface area contributed by atoms with Crippen molar-refractivity contribution in [3.8, 4) is 23.3 Å². The molecule has 1 fully saturated rings. The number of aliphatic hydroxyl groups is 1. The van der Waals surface area contributed by atoms with E-state index in [0.29, 0.717) is 79.5 Å². The molecule has 1 N–H and O–H groups in total. The molecule has 0 saturated carbocycles. The van der Waals surface area contributed by atoms with Gasteiger partial charge in [-0.3, -0.25) is 19.1 Å². The highest BCUT2D eigenvalue weighted by atomic mass is 35.5. The molecule has 0 bridgehead atoms. The minimum atomic E-state index is -0.709. The number of nitriles is 2. The van der Waals surface area contributed by atoms with Crippen LogP contribution in [0, 0.1) is 29.6 Å². The molecule has 3 aromatic heterocycles. The first-order valence-corrected chi connectivity index (χ1v) is 19.8. The van der Waals surface area contributed by atoms with Crippen LogP contribution in [0.15, 0.2) is 74.7 Å². The summed E-state index contributed by atoms with van der Waals surface area (Å²) in [6.45, 7) is 11.4. The van der Waals surface area contributed by atoms with E-state index < -0.39 is 11.7 Å². The molecule has 1 aliphatic rings. The minimum absolute atomic E-state index is 0.0115. The lowest BCUT2D eigenvalue weighted by atomic mass is 9.98. The highest BCUT2D eigenvalue weighted by Gasteiger charge is 2.27. The number of anilines is 1. The summed E-state index contributed by atoms with van der Waals surface area (Å²) in [4.78, 5) is 53.6. The number of carbonyl (C=O) groups excluding carboxylic acids is 2. The highest BCUT2D eigenvalue weighted by molar-refractivity contribution is 7.17. The second-order valence-corrected chi connectivity index (χ2v) is 16.4. The fraction of sp³-hybridized carbons (Fsp3) is 0.293. The summed E-state index contributed by atoms with van der Waals surface area (Å²) >= 11 is 8.79. The molecule has 4 heterocycles. The van der Waals surface area contributed by atoms with E-state index in [2.05, 4.69) is 23.7 Å². The summed E-state index contributed by atoms with van der Waals surface area (Å²) in [5, 5.41) is 33.5. The molecule has 1 aliphatic heterocycles. The van der Waals surface area contributed by atoms with Crippen molar-refractivity contribution in [2.24, 2.45) is 4.99 Å². The van der Waals surface area contributed by atoms with Crippen molar-refractivity contribution in [3.63, 3.8) is 0 Å². The number of halogens is 1. The van der Waals surface area contributed by atoms with Crippen LogP contribution in [-0.2, 0) is 24.4 Å². The largest absolute Gasteiger partial charge is 0.442 e. The number of hydrogen-bond acceptors (Lipinski definition) is 11. The molecule has 2 aromatic carbocycles. The Hall–Kier alpha value is -5.64. The molecule has 6 rings (SSSR count). The smallest absolute Gasteiger partial charge is 0.434 e. The summed E-state index contributed by atoms with van der Waals surface area (Å²) in [5.74, 6) is -0.0503. The fourth-order valence-corrected chi connectivity index (χ4v) is 8.60. The summed E-state index contributed by atoms with van der Waals surface area (Å²) < 4.78 is 7.31. The summed E-state index contributed by atoms with van der Waals surface area (Å²) in [6.07, 6.45) is 0.518. The molecule has 0 atom stereocenters. The van der Waals surface area contributed by atoms with Crippen LogP contribution in [0.5, 0.6) is 0 Å². The van der Waals surface area contributed by atoms with E-state index in [1.807, 2.05) is 23.3 Å². The van der Waals surface area contributed by atoms with Gasteiger partial charge < -0.3 is 14.7 Å². The van der Waals surface area contributed by atoms with Crippen LogP contribution < -0.4 is 10.5 Å². The Labute approximate surface area is 336 Å². The Bertz CT molecular complexity index is 2550. The first kappa shape index (κ1) is 40.0. The lowest BCUT2D eigenvalue weighted by molar-refractivity contribution is 0.0603. The zero-order valence-electron chi connectivity index (χ0n) is 31.3. The molecule has 0 unspecified atom stereocenters. The second-order valence-electron chi connectivity index (χ2n) is 14.2. The van der Waals surface area contributed by atoms with Crippen LogP contribution in [0.3, 0.4) is 0 Å². The average molecular weight is 808 g/mol. The maximum absolute atomic E-state index is 14.3. The van der Waals surface area contributed by atoms with E-state index in [1.54, 1.807) is 62.5 Å². The van der Waals surface area contributed by atoms with Crippen molar-refractivity contribution in [2.75, 3.05) is 18.0 Å². The number of amides is 2. The zero-order valence-corrected chi connectivity index (χ0v) is 33.6. The number of benzene rings is 2. The molecular formula is C41H38ClN7O5S2. The van der Waals surface area contributed by atoms with Gasteiger partial charge in [0.2, 0.25) is 5.95 Å². The van der Waals surface area contributed by atoms with Crippen molar-refractivity contribution in [2.45, 2.75) is 65.8 Å². The maximum atomic E-state index is 14.3. The van der Waals surface area contributed by atoms with Crippen molar-refractivity contribution < 1.29 is 19.4 Å². The van der Waals surface area contributed by atoms with Gasteiger partial charge in [0.25, 0.3) is 11.5 Å². The van der Waals surface area contributed by atoms with Crippen LogP contribution in [0.4, 0.5) is 10.7 Å². The van der Waals surface area contributed by atoms with E-state index in [4.69, 9.17) is 21.3 Å². The van der Waals surface area contributed by atoms with Gasteiger partial charge in [0.1, 0.15) is 15.5 Å². The maximum Gasteiger partial charge on any atom is 0.434 e. The van der Waals surface area contributed by atoms with E-state index in [9.17, 15) is 30.0 Å². The molecule has 5 aromatic rings. The number of thiophene rings is 2. The van der Waals surface area contributed by atoms with Gasteiger partial charge in [0.05, 0.1) is 59.9 Å². The minimum Gasteiger partial charge on any atom is -0.442 e. The SMILES string of the molecule is C=C(Cl)N(Cc1ccccc1C#N)C(=O)c1scc(-c2ccc(C#N)c(Cn3c(N4CCCC(=NC(=O)OC(C)(C)C)C4)nc4c(CO)csc4c3=O)c2)c1C. The average Bonchev–Trinajstić information content (AvgIpc) is 3.77. The Morgan fingerprint density at radius 2 is 1.82 bits per heavy atom. The van der Waals surface area contributed by atoms with Crippen molar-refractivity contribution in [1.82, 2.24) is 14.5 Å². The van der Waals surface area contributed by atoms with Crippen molar-refractivity contribution in [3.05, 3.63) is 114 Å². The number of rotatable bonds is 9. The monoisotopic (exact) mass is 807 g/mol. The van der Waals surface area contributed by atoms with Gasteiger partial charge in [0, 0.05) is 17.8 Å². The third-order valence-corrected chi connectivity index (χ3v) is 11.5. The number of piperidine rings is 1. The topological polar surface area (TPSA) is 165 Å². The molecule has 0 spiro atoms. The van der Waals surface area contributed by atoms with E-state index >= 15 is 0 Å². The number of aliphatic hydroxyl groups excluding tert-OH is 1.